The first kappa shape index (κ1) is 10.1. The number of hydrogen-bond acceptors (Lipinski definition) is 4. The van der Waals surface area contributed by atoms with E-state index in [9.17, 15) is 0 Å². The van der Waals surface area contributed by atoms with Crippen LogP contribution in [0.15, 0.2) is 27.5 Å². The number of thiazole rings is 1. The van der Waals surface area contributed by atoms with Crippen molar-refractivity contribution in [2.24, 2.45) is 0 Å². The van der Waals surface area contributed by atoms with E-state index in [-0.39, 0.29) is 0 Å². The lowest BCUT2D eigenvalue weighted by atomic mass is 10.4. The summed E-state index contributed by atoms with van der Waals surface area (Å²) in [6.45, 7) is 0.695. The summed E-state index contributed by atoms with van der Waals surface area (Å²) in [6.07, 6.45) is 0.953. The molecule has 0 radical (unpaired) electrons. The first-order chi connectivity index (χ1) is 6.84. The standard InChI is InChI=1S/C9H8BrNOS2/c10-8-6-14-9(11-8)12-4-3-7-2-1-5-13-7/h1-2,5-6H,3-4H2. The Morgan fingerprint density at radius 2 is 2.36 bits per heavy atom. The summed E-state index contributed by atoms with van der Waals surface area (Å²) >= 11 is 6.55. The quantitative estimate of drug-likeness (QED) is 0.858. The summed E-state index contributed by atoms with van der Waals surface area (Å²) < 4.78 is 6.33. The van der Waals surface area contributed by atoms with E-state index in [0.717, 1.165) is 16.2 Å². The third kappa shape index (κ3) is 2.80. The molecular weight excluding hydrogens is 282 g/mol. The van der Waals surface area contributed by atoms with E-state index in [1.165, 1.54) is 16.2 Å². The maximum atomic E-state index is 5.48. The smallest absolute Gasteiger partial charge is 0.274 e. The average molecular weight is 290 g/mol. The van der Waals surface area contributed by atoms with Crippen molar-refractivity contribution in [3.05, 3.63) is 32.4 Å². The maximum absolute atomic E-state index is 5.48. The van der Waals surface area contributed by atoms with Gasteiger partial charge in [-0.3, -0.25) is 0 Å². The van der Waals surface area contributed by atoms with Crippen LogP contribution in [0.25, 0.3) is 0 Å². The molecule has 0 bridgehead atoms. The normalized spacial score (nSPS) is 10.4. The van der Waals surface area contributed by atoms with Gasteiger partial charge in [-0.15, -0.1) is 11.3 Å². The van der Waals surface area contributed by atoms with Gasteiger partial charge in [0, 0.05) is 16.7 Å². The molecule has 0 spiro atoms. The second-order valence-electron chi connectivity index (χ2n) is 2.61. The van der Waals surface area contributed by atoms with Gasteiger partial charge in [-0.1, -0.05) is 17.4 Å². The Balaban J connectivity index is 1.78. The minimum Gasteiger partial charge on any atom is -0.470 e. The van der Waals surface area contributed by atoms with Crippen molar-refractivity contribution >= 4 is 38.6 Å². The number of aromatic nitrogens is 1. The number of halogens is 1. The van der Waals surface area contributed by atoms with E-state index in [0.29, 0.717) is 6.61 Å². The van der Waals surface area contributed by atoms with Crippen LogP contribution in [0.3, 0.4) is 0 Å². The monoisotopic (exact) mass is 289 g/mol. The Kier molecular flexibility index (Phi) is 3.55. The van der Waals surface area contributed by atoms with Crippen LogP contribution in [-0.2, 0) is 6.42 Å². The van der Waals surface area contributed by atoms with Crippen LogP contribution in [0.5, 0.6) is 5.19 Å². The highest BCUT2D eigenvalue weighted by molar-refractivity contribution is 9.10. The van der Waals surface area contributed by atoms with E-state index in [1.807, 2.05) is 5.38 Å². The van der Waals surface area contributed by atoms with Crippen molar-refractivity contribution in [3.8, 4) is 5.19 Å². The zero-order chi connectivity index (χ0) is 9.80. The molecular formula is C9H8BrNOS2. The lowest BCUT2D eigenvalue weighted by Crippen LogP contribution is -1.99. The van der Waals surface area contributed by atoms with E-state index in [4.69, 9.17) is 4.74 Å². The lowest BCUT2D eigenvalue weighted by molar-refractivity contribution is 0.321. The molecule has 0 amide bonds. The average Bonchev–Trinajstić information content (AvgIpc) is 2.77. The third-order valence-corrected chi connectivity index (χ3v) is 4.01. The molecule has 0 atom stereocenters. The van der Waals surface area contributed by atoms with E-state index in [2.05, 4.69) is 38.4 Å². The van der Waals surface area contributed by atoms with Crippen molar-refractivity contribution in [3.63, 3.8) is 0 Å². The van der Waals surface area contributed by atoms with Crippen molar-refractivity contribution in [1.82, 2.24) is 4.98 Å². The second kappa shape index (κ2) is 4.91. The highest BCUT2D eigenvalue weighted by atomic mass is 79.9. The van der Waals surface area contributed by atoms with Crippen molar-refractivity contribution < 1.29 is 4.74 Å². The summed E-state index contributed by atoms with van der Waals surface area (Å²) in [5.74, 6) is 0. The topological polar surface area (TPSA) is 22.1 Å². The molecule has 0 aliphatic heterocycles. The van der Waals surface area contributed by atoms with E-state index >= 15 is 0 Å². The maximum Gasteiger partial charge on any atom is 0.274 e. The molecule has 2 rings (SSSR count). The van der Waals surface area contributed by atoms with Crippen LogP contribution < -0.4 is 4.74 Å². The highest BCUT2D eigenvalue weighted by Crippen LogP contribution is 2.21. The van der Waals surface area contributed by atoms with Crippen molar-refractivity contribution in [1.29, 1.82) is 0 Å². The van der Waals surface area contributed by atoms with Crippen molar-refractivity contribution in [2.45, 2.75) is 6.42 Å². The van der Waals surface area contributed by atoms with Gasteiger partial charge in [0.25, 0.3) is 5.19 Å². The van der Waals surface area contributed by atoms with Crippen LogP contribution in [-0.4, -0.2) is 11.6 Å². The molecule has 74 valence electrons. The van der Waals surface area contributed by atoms with Crippen LogP contribution in [0.4, 0.5) is 0 Å². The molecule has 0 aromatic carbocycles. The Bertz CT molecular complexity index is 385. The molecule has 2 nitrogen and oxygen atoms in total. The number of rotatable bonds is 4. The van der Waals surface area contributed by atoms with Gasteiger partial charge in [0.15, 0.2) is 0 Å². The number of thiophene rings is 1. The minimum absolute atomic E-state index is 0.695. The minimum atomic E-state index is 0.695. The summed E-state index contributed by atoms with van der Waals surface area (Å²) in [5.41, 5.74) is 0. The summed E-state index contributed by atoms with van der Waals surface area (Å²) in [6, 6.07) is 4.17. The molecule has 0 fully saturated rings. The Labute approximate surface area is 98.7 Å². The molecule has 0 saturated heterocycles. The molecule has 0 N–H and O–H groups in total. The number of ether oxygens (including phenoxy) is 1. The van der Waals surface area contributed by atoms with Gasteiger partial charge in [0.2, 0.25) is 0 Å². The second-order valence-corrected chi connectivity index (χ2v) is 5.28. The zero-order valence-electron chi connectivity index (χ0n) is 7.27. The summed E-state index contributed by atoms with van der Waals surface area (Å²) in [4.78, 5) is 5.49. The van der Waals surface area contributed by atoms with Crippen molar-refractivity contribution in [2.75, 3.05) is 6.61 Å². The van der Waals surface area contributed by atoms with E-state index < -0.39 is 0 Å². The SMILES string of the molecule is Brc1csc(OCCc2cccs2)n1. The number of nitrogens with zero attached hydrogens (tertiary/aromatic N) is 1. The van der Waals surface area contributed by atoms with Gasteiger partial charge in [-0.05, 0) is 27.4 Å². The Morgan fingerprint density at radius 1 is 1.43 bits per heavy atom. The largest absolute Gasteiger partial charge is 0.470 e. The molecule has 2 aromatic rings. The molecule has 14 heavy (non-hydrogen) atoms. The number of hydrogen-bond donors (Lipinski definition) is 0. The Hall–Kier alpha value is -0.390. The predicted molar refractivity (Wildman–Crippen MR) is 63.3 cm³/mol. The first-order valence-corrected chi connectivity index (χ1v) is 6.66. The summed E-state index contributed by atoms with van der Waals surface area (Å²) in [5, 5.41) is 4.73. The fraction of sp³-hybridized carbons (Fsp3) is 0.222. The third-order valence-electron chi connectivity index (χ3n) is 1.61. The van der Waals surface area contributed by atoms with E-state index in [1.54, 1.807) is 11.3 Å². The molecule has 0 unspecified atom stereocenters. The van der Waals surface area contributed by atoms with Crippen LogP contribution in [0.2, 0.25) is 0 Å². The van der Waals surface area contributed by atoms with Gasteiger partial charge < -0.3 is 4.74 Å². The van der Waals surface area contributed by atoms with Gasteiger partial charge in [0.05, 0.1) is 6.61 Å². The molecule has 2 heterocycles. The molecule has 5 heteroatoms. The van der Waals surface area contributed by atoms with Crippen LogP contribution in [0.1, 0.15) is 4.88 Å². The highest BCUT2D eigenvalue weighted by Gasteiger charge is 2.00. The fourth-order valence-corrected chi connectivity index (χ4v) is 2.80. The molecule has 0 saturated carbocycles. The zero-order valence-corrected chi connectivity index (χ0v) is 10.5. The fourth-order valence-electron chi connectivity index (χ4n) is 0.999. The summed E-state index contributed by atoms with van der Waals surface area (Å²) in [7, 11) is 0. The molecule has 0 aliphatic rings. The van der Waals surface area contributed by atoms with Gasteiger partial charge in [0.1, 0.15) is 4.60 Å². The molecule has 2 aromatic heterocycles. The van der Waals surface area contributed by atoms with Gasteiger partial charge in [-0.25, -0.2) is 0 Å². The lowest BCUT2D eigenvalue weighted by Gasteiger charge is -1.99. The predicted octanol–water partition coefficient (Wildman–Crippen LogP) is 3.59. The van der Waals surface area contributed by atoms with Gasteiger partial charge >= 0.3 is 0 Å². The first-order valence-electron chi connectivity index (χ1n) is 4.11. The Morgan fingerprint density at radius 3 is 3.00 bits per heavy atom. The van der Waals surface area contributed by atoms with Crippen LogP contribution in [0, 0.1) is 0 Å². The van der Waals surface area contributed by atoms with Gasteiger partial charge in [-0.2, -0.15) is 4.98 Å². The molecule has 0 aliphatic carbocycles. The van der Waals surface area contributed by atoms with Crippen LogP contribution >= 0.6 is 38.6 Å².